The molecule has 60 heavy (non-hydrogen) atoms. The smallest absolute Gasteiger partial charge is 0.352 e. The van der Waals surface area contributed by atoms with Crippen LogP contribution in [-0.4, -0.2) is 136 Å². The summed E-state index contributed by atoms with van der Waals surface area (Å²) < 4.78 is 32.8. The minimum atomic E-state index is -2.19. The predicted molar refractivity (Wildman–Crippen MR) is 208 cm³/mol. The minimum Gasteiger partial charge on any atom is -0.481 e. The number of aromatic nitrogens is 3. The Balaban J connectivity index is 1.26. The fourth-order valence-corrected chi connectivity index (χ4v) is 8.49. The highest BCUT2D eigenvalue weighted by Gasteiger charge is 2.51. The minimum absolute atomic E-state index is 0.00530. The van der Waals surface area contributed by atoms with E-state index in [1.165, 1.54) is 40.6 Å². The summed E-state index contributed by atoms with van der Waals surface area (Å²) in [6.07, 6.45) is -1.05. The molecule has 0 spiro atoms. The molecule has 0 radical (unpaired) electrons. The fraction of sp³-hybridized carbons (Fsp3) is 0.561. The highest BCUT2D eigenvalue weighted by Crippen LogP contribution is 2.39. The van der Waals surface area contributed by atoms with Crippen LogP contribution in [0.1, 0.15) is 58.0 Å². The number of epoxide rings is 1. The number of carboxylic acid groups (broad SMARTS) is 1. The van der Waals surface area contributed by atoms with Crippen molar-refractivity contribution in [3.63, 3.8) is 0 Å². The summed E-state index contributed by atoms with van der Waals surface area (Å²) in [6, 6.07) is 5.75. The van der Waals surface area contributed by atoms with Gasteiger partial charge < -0.3 is 60.1 Å². The van der Waals surface area contributed by atoms with Crippen LogP contribution in [0.3, 0.4) is 0 Å². The molecule has 2 aromatic rings. The van der Waals surface area contributed by atoms with Crippen LogP contribution in [0, 0.1) is 5.92 Å². The first-order chi connectivity index (χ1) is 28.5. The maximum absolute atomic E-state index is 14.0. The van der Waals surface area contributed by atoms with Crippen LogP contribution in [0.5, 0.6) is 0 Å². The van der Waals surface area contributed by atoms with Crippen LogP contribution in [0.4, 0.5) is 0 Å². The number of carbonyl (C=O) groups is 2. The molecule has 6 aliphatic rings. The van der Waals surface area contributed by atoms with E-state index in [4.69, 9.17) is 29.4 Å². The van der Waals surface area contributed by atoms with Crippen LogP contribution in [0.15, 0.2) is 88.5 Å². The zero-order chi connectivity index (χ0) is 43.0. The van der Waals surface area contributed by atoms with Crippen molar-refractivity contribution in [2.24, 2.45) is 11.7 Å². The van der Waals surface area contributed by atoms with E-state index in [0.717, 1.165) is 4.57 Å². The zero-order valence-electron chi connectivity index (χ0n) is 33.0. The zero-order valence-corrected chi connectivity index (χ0v) is 33.0. The topological polar surface area (TPSA) is 280 Å². The average molecular weight is 841 g/mol. The number of para-hydroxylation sites is 1. The number of allylic oxidation sites excluding steroid dienone is 5. The van der Waals surface area contributed by atoms with Crippen molar-refractivity contribution in [3.05, 3.63) is 99.9 Å². The van der Waals surface area contributed by atoms with E-state index in [-0.39, 0.29) is 19.3 Å². The molecule has 1 aromatic heterocycles. The summed E-state index contributed by atoms with van der Waals surface area (Å²) in [7, 11) is 0. The number of aliphatic hydroxyl groups excluding tert-OH is 4. The second kappa shape index (κ2) is 17.8. The van der Waals surface area contributed by atoms with Gasteiger partial charge in [0.05, 0.1) is 66.5 Å². The van der Waals surface area contributed by atoms with Gasteiger partial charge >= 0.3 is 23.3 Å². The predicted octanol–water partition coefficient (Wildman–Crippen LogP) is -0.526. The van der Waals surface area contributed by atoms with Gasteiger partial charge in [0.2, 0.25) is 0 Å². The van der Waals surface area contributed by atoms with E-state index < -0.39 is 133 Å². The third kappa shape index (κ3) is 9.35. The molecule has 326 valence electrons. The highest BCUT2D eigenvalue weighted by atomic mass is 16.7. The van der Waals surface area contributed by atoms with Crippen molar-refractivity contribution in [1.82, 2.24) is 13.9 Å². The molecule has 0 aliphatic carbocycles. The first-order valence-electron chi connectivity index (χ1n) is 20.0. The Kier molecular flexibility index (Phi) is 12.9. The lowest BCUT2D eigenvalue weighted by Crippen LogP contribution is -2.61. The molecule has 16 atom stereocenters. The van der Waals surface area contributed by atoms with Crippen LogP contribution in [0.25, 0.3) is 5.69 Å². The summed E-state index contributed by atoms with van der Waals surface area (Å²) in [5.41, 5.74) is 5.16. The third-order valence-corrected chi connectivity index (χ3v) is 11.6. The van der Waals surface area contributed by atoms with Crippen molar-refractivity contribution < 1.29 is 63.9 Å². The molecule has 19 nitrogen and oxygen atoms in total. The van der Waals surface area contributed by atoms with Crippen molar-refractivity contribution in [3.8, 4) is 5.69 Å². The number of nitrogens with two attached hydrogens (primary N) is 1. The number of nitrogens with zero attached hydrogens (tertiary/aromatic N) is 3. The molecule has 8 N–H and O–H groups in total. The molecule has 4 bridgehead atoms. The van der Waals surface area contributed by atoms with Gasteiger partial charge in [-0.15, -0.1) is 0 Å². The number of carboxylic acids is 1. The molecule has 19 heteroatoms. The molecule has 0 saturated carbocycles. The van der Waals surface area contributed by atoms with E-state index in [1.807, 2.05) is 0 Å². The third-order valence-electron chi connectivity index (χ3n) is 11.6. The summed E-state index contributed by atoms with van der Waals surface area (Å²) in [5, 5.41) is 65.2. The first-order valence-corrected chi connectivity index (χ1v) is 20.0. The number of fused-ring (bicyclic) bond motifs is 9. The van der Waals surface area contributed by atoms with Gasteiger partial charge in [-0.05, 0) is 32.1 Å². The number of aliphatic hydroxyl groups is 5. The van der Waals surface area contributed by atoms with Gasteiger partial charge in [-0.3, -0.25) is 4.79 Å². The highest BCUT2D eigenvalue weighted by molar-refractivity contribution is 5.82. The number of ether oxygens (including phenoxy) is 5. The van der Waals surface area contributed by atoms with Crippen molar-refractivity contribution in [1.29, 1.82) is 0 Å². The number of benzene rings is 1. The molecule has 0 amide bonds. The number of rotatable bonds is 4. The molecule has 7 heterocycles. The van der Waals surface area contributed by atoms with Gasteiger partial charge in [-0.2, -0.15) is 0 Å². The van der Waals surface area contributed by atoms with E-state index in [0.29, 0.717) is 5.69 Å². The Bertz CT molecular complexity index is 2110. The molecular weight excluding hydrogens is 788 g/mol. The maximum Gasteiger partial charge on any atom is 0.352 e. The molecule has 0 unspecified atom stereocenters. The Morgan fingerprint density at radius 3 is 2.30 bits per heavy atom. The number of esters is 1. The molecular formula is C41H52N4O15. The van der Waals surface area contributed by atoms with Gasteiger partial charge in [-0.1, -0.05) is 54.7 Å². The van der Waals surface area contributed by atoms with Gasteiger partial charge in [0, 0.05) is 38.2 Å². The van der Waals surface area contributed by atoms with E-state index >= 15 is 0 Å². The fourth-order valence-electron chi connectivity index (χ4n) is 8.49. The van der Waals surface area contributed by atoms with Gasteiger partial charge in [0.15, 0.2) is 12.1 Å². The Morgan fingerprint density at radius 1 is 0.850 bits per heavy atom. The first kappa shape index (κ1) is 43.5. The monoisotopic (exact) mass is 840 g/mol. The lowest BCUT2D eigenvalue weighted by Gasteiger charge is -2.45. The maximum atomic E-state index is 14.0. The largest absolute Gasteiger partial charge is 0.481 e. The van der Waals surface area contributed by atoms with Crippen molar-refractivity contribution in [2.75, 3.05) is 0 Å². The second-order valence-corrected chi connectivity index (χ2v) is 16.1. The summed E-state index contributed by atoms with van der Waals surface area (Å²) in [5.74, 6) is -5.85. The Labute approximate surface area is 343 Å². The second-order valence-electron chi connectivity index (χ2n) is 16.1. The number of carbonyl (C=O) groups excluding carboxylic acids is 1. The molecule has 1 aromatic carbocycles. The summed E-state index contributed by atoms with van der Waals surface area (Å²) >= 11 is 0. The van der Waals surface area contributed by atoms with Gasteiger partial charge in [-0.25, -0.2) is 28.3 Å². The molecule has 8 rings (SSSR count). The quantitative estimate of drug-likeness (QED) is 0.116. The SMILES string of the molecule is C[C@@H]1C[C@H]2C=C[C@@H](C=CC=C[C@H](O[C@@H]3O[C@@H](C)[C@H](O)[C@@H](N)[C@H]3O)C[C@@H]3O[C@](O)(C[C@@H](O)C[C@H]4O[C@@H]4/C=C\C(=O)O1)C[C@H](O)[C@H]3C(=O)O)n1c(=O)n(-c3ccccc3)c(=O)n12. The van der Waals surface area contributed by atoms with Gasteiger partial charge in [0.25, 0.3) is 0 Å². The van der Waals surface area contributed by atoms with Crippen LogP contribution in [0.2, 0.25) is 0 Å². The van der Waals surface area contributed by atoms with Crippen LogP contribution in [-0.2, 0) is 33.3 Å². The van der Waals surface area contributed by atoms with E-state index in [2.05, 4.69) is 0 Å². The lowest BCUT2D eigenvalue weighted by atomic mass is 9.83. The molecule has 3 fully saturated rings. The van der Waals surface area contributed by atoms with Crippen LogP contribution < -0.4 is 17.1 Å². The number of hydrogen-bond acceptors (Lipinski definition) is 15. The van der Waals surface area contributed by atoms with E-state index in [9.17, 15) is 49.8 Å². The van der Waals surface area contributed by atoms with Gasteiger partial charge in [0.1, 0.15) is 24.2 Å². The average Bonchev–Trinajstić information content (AvgIpc) is 3.86. The normalized spacial score (nSPS) is 40.5. The van der Waals surface area contributed by atoms with Crippen molar-refractivity contribution in [2.45, 2.75) is 137 Å². The number of hydrogen-bond donors (Lipinski definition) is 7. The summed E-state index contributed by atoms with van der Waals surface area (Å²) in [4.78, 5) is 53.4. The lowest BCUT2D eigenvalue weighted by molar-refractivity contribution is -0.308. The molecule has 6 aliphatic heterocycles. The number of aliphatic carboxylic acids is 1. The van der Waals surface area contributed by atoms with E-state index in [1.54, 1.807) is 61.6 Å². The Hall–Kier alpha value is -4.54. The van der Waals surface area contributed by atoms with Crippen LogP contribution >= 0.6 is 0 Å². The van der Waals surface area contributed by atoms with Crippen molar-refractivity contribution >= 4 is 11.9 Å². The molecule has 3 saturated heterocycles. The Morgan fingerprint density at radius 2 is 1.57 bits per heavy atom. The summed E-state index contributed by atoms with van der Waals surface area (Å²) in [6.45, 7) is 3.20. The standard InChI is InChI=1S/C41H52N4O15/c1-21-16-25-13-12-24(44-39(53)43(40(54)45(25)44)23-8-4-3-5-9-23)10-6-7-11-27(58-38-36(50)34(42)35(49)22(2)57-38)18-31-33(37(51)52)28(47)20-41(55,60-31)19-26(46)17-30-29(59-30)14-15-32(48)56-21/h3-15,21-22,24-31,33-36,38,46-47,49-50,55H,16-20,42H2,1-2H3,(H,51,52)/b10-6?,11-7?,15-14-/t21-,22+,24-,25-,26+,27+,28+,29-,30-,31+,33-,34-,35+,36-,38+,41-/m1/s1.